The smallest absolute Gasteiger partial charge is 0.240 e. The average Bonchev–Trinajstić information content (AvgIpc) is 2.95. The molecule has 2 heterocycles. The molecular formula is C13H18N2O3S. The van der Waals surface area contributed by atoms with E-state index in [-0.39, 0.29) is 16.7 Å². The highest BCUT2D eigenvalue weighted by molar-refractivity contribution is 7.89. The van der Waals surface area contributed by atoms with Gasteiger partial charge in [-0.2, -0.15) is 0 Å². The van der Waals surface area contributed by atoms with Crippen molar-refractivity contribution in [1.82, 2.24) is 9.62 Å². The average molecular weight is 282 g/mol. The minimum Gasteiger partial charge on any atom is -0.508 e. The van der Waals surface area contributed by atoms with E-state index in [1.165, 1.54) is 24.3 Å². The van der Waals surface area contributed by atoms with Gasteiger partial charge in [-0.15, -0.1) is 0 Å². The lowest BCUT2D eigenvalue weighted by Gasteiger charge is -2.21. The molecule has 2 atom stereocenters. The van der Waals surface area contributed by atoms with Crippen LogP contribution in [0.5, 0.6) is 5.75 Å². The van der Waals surface area contributed by atoms with Crippen LogP contribution < -0.4 is 4.72 Å². The van der Waals surface area contributed by atoms with Crippen LogP contribution in [0, 0.1) is 0 Å². The quantitative estimate of drug-likeness (QED) is 0.864. The summed E-state index contributed by atoms with van der Waals surface area (Å²) < 4.78 is 27.4. The monoisotopic (exact) mass is 282 g/mol. The van der Waals surface area contributed by atoms with E-state index in [4.69, 9.17) is 0 Å². The number of benzene rings is 1. The van der Waals surface area contributed by atoms with Crippen molar-refractivity contribution in [3.05, 3.63) is 24.3 Å². The molecule has 104 valence electrons. The Morgan fingerprint density at radius 2 is 1.89 bits per heavy atom. The van der Waals surface area contributed by atoms with Gasteiger partial charge in [0.1, 0.15) is 5.75 Å². The summed E-state index contributed by atoms with van der Waals surface area (Å²) in [5.74, 6) is 0.0711. The van der Waals surface area contributed by atoms with Crippen LogP contribution in [0.4, 0.5) is 0 Å². The number of rotatable bonds is 3. The van der Waals surface area contributed by atoms with Gasteiger partial charge < -0.3 is 5.11 Å². The second kappa shape index (κ2) is 4.77. The third-order valence-electron chi connectivity index (χ3n) is 4.06. The molecule has 19 heavy (non-hydrogen) atoms. The molecule has 1 aromatic carbocycles. The first-order valence-electron chi connectivity index (χ1n) is 6.62. The Balaban J connectivity index is 1.76. The van der Waals surface area contributed by atoms with Gasteiger partial charge in [0, 0.05) is 18.6 Å². The number of nitrogens with zero attached hydrogens (tertiary/aromatic N) is 1. The number of hydrogen-bond donors (Lipinski definition) is 2. The number of nitrogens with one attached hydrogen (secondary N) is 1. The molecule has 0 saturated carbocycles. The molecule has 2 N–H and O–H groups in total. The maximum atomic E-state index is 12.3. The summed E-state index contributed by atoms with van der Waals surface area (Å²) in [7, 11) is -3.49. The van der Waals surface area contributed by atoms with Crippen LogP contribution in [0.15, 0.2) is 29.2 Å². The van der Waals surface area contributed by atoms with Gasteiger partial charge in [-0.3, -0.25) is 4.90 Å². The number of sulfonamides is 1. The number of aromatic hydroxyl groups is 1. The summed E-state index contributed by atoms with van der Waals surface area (Å²) in [4.78, 5) is 2.58. The van der Waals surface area contributed by atoms with Crippen molar-refractivity contribution in [1.29, 1.82) is 0 Å². The summed E-state index contributed by atoms with van der Waals surface area (Å²) in [5, 5.41) is 9.21. The van der Waals surface area contributed by atoms with Crippen LogP contribution in [0.3, 0.4) is 0 Å². The van der Waals surface area contributed by atoms with Gasteiger partial charge in [0.05, 0.1) is 4.90 Å². The van der Waals surface area contributed by atoms with Crippen molar-refractivity contribution in [3.8, 4) is 5.75 Å². The summed E-state index contributed by atoms with van der Waals surface area (Å²) in [6.07, 6.45) is 3.10. The lowest BCUT2D eigenvalue weighted by atomic mass is 10.1. The third-order valence-corrected chi connectivity index (χ3v) is 5.57. The first-order valence-corrected chi connectivity index (χ1v) is 8.10. The molecule has 1 aromatic rings. The van der Waals surface area contributed by atoms with Gasteiger partial charge in [0.25, 0.3) is 0 Å². The minimum atomic E-state index is -3.49. The van der Waals surface area contributed by atoms with E-state index in [1.807, 2.05) is 0 Å². The Bertz CT molecular complexity index is 556. The number of phenols is 1. The van der Waals surface area contributed by atoms with Crippen molar-refractivity contribution in [2.24, 2.45) is 0 Å². The highest BCUT2D eigenvalue weighted by Gasteiger charge is 2.39. The van der Waals surface area contributed by atoms with Crippen LogP contribution >= 0.6 is 0 Å². The summed E-state index contributed by atoms with van der Waals surface area (Å²) in [6.45, 7) is 2.07. The van der Waals surface area contributed by atoms with Crippen LogP contribution in [-0.2, 0) is 10.0 Å². The van der Waals surface area contributed by atoms with Crippen LogP contribution in [-0.4, -0.2) is 43.6 Å². The van der Waals surface area contributed by atoms with Crippen LogP contribution in [0.1, 0.15) is 19.3 Å². The van der Waals surface area contributed by atoms with Crippen LogP contribution in [0.2, 0.25) is 0 Å². The summed E-state index contributed by atoms with van der Waals surface area (Å²) in [5.41, 5.74) is 0. The zero-order valence-corrected chi connectivity index (χ0v) is 11.4. The molecule has 0 amide bonds. The van der Waals surface area contributed by atoms with E-state index in [0.717, 1.165) is 32.4 Å². The molecule has 0 radical (unpaired) electrons. The van der Waals surface area contributed by atoms with Gasteiger partial charge in [-0.05, 0) is 50.1 Å². The van der Waals surface area contributed by atoms with E-state index >= 15 is 0 Å². The van der Waals surface area contributed by atoms with E-state index < -0.39 is 10.0 Å². The maximum Gasteiger partial charge on any atom is 0.240 e. The fourth-order valence-electron chi connectivity index (χ4n) is 3.11. The fraction of sp³-hybridized carbons (Fsp3) is 0.538. The largest absolute Gasteiger partial charge is 0.508 e. The fourth-order valence-corrected chi connectivity index (χ4v) is 4.42. The molecule has 2 aliphatic rings. The predicted octanol–water partition coefficient (Wildman–Crippen LogP) is 0.907. The van der Waals surface area contributed by atoms with Gasteiger partial charge >= 0.3 is 0 Å². The highest BCUT2D eigenvalue weighted by Crippen LogP contribution is 2.29. The number of hydrogen-bond acceptors (Lipinski definition) is 4. The zero-order chi connectivity index (χ0) is 13.5. The molecule has 5 nitrogen and oxygen atoms in total. The van der Waals surface area contributed by atoms with E-state index in [0.29, 0.717) is 6.04 Å². The Morgan fingerprint density at radius 1 is 1.16 bits per heavy atom. The second-order valence-corrected chi connectivity index (χ2v) is 6.97. The van der Waals surface area contributed by atoms with Crippen molar-refractivity contribution in [2.45, 2.75) is 36.2 Å². The molecule has 2 fully saturated rings. The Kier molecular flexibility index (Phi) is 3.24. The SMILES string of the molecule is O=S(=O)(NC1CCN2CCCC12)c1ccc(O)cc1. The maximum absolute atomic E-state index is 12.3. The molecular weight excluding hydrogens is 264 g/mol. The van der Waals surface area contributed by atoms with Crippen molar-refractivity contribution >= 4 is 10.0 Å². The van der Waals surface area contributed by atoms with E-state index in [2.05, 4.69) is 9.62 Å². The molecule has 2 saturated heterocycles. The standard InChI is InChI=1S/C13H18N2O3S/c16-10-3-5-11(6-4-10)19(17,18)14-12-7-9-15-8-1-2-13(12)15/h3-6,12-14,16H,1-2,7-9H2. The molecule has 0 bridgehead atoms. The molecule has 2 aliphatic heterocycles. The summed E-state index contributed by atoms with van der Waals surface area (Å²) >= 11 is 0. The van der Waals surface area contributed by atoms with Gasteiger partial charge in [-0.25, -0.2) is 13.1 Å². The van der Waals surface area contributed by atoms with Gasteiger partial charge in [0.15, 0.2) is 0 Å². The lowest BCUT2D eigenvalue weighted by molar-refractivity contribution is 0.309. The normalized spacial score (nSPS) is 27.6. The minimum absolute atomic E-state index is 0.0151. The highest BCUT2D eigenvalue weighted by atomic mass is 32.2. The number of fused-ring (bicyclic) bond motifs is 1. The third kappa shape index (κ3) is 2.48. The number of phenolic OH excluding ortho intramolecular Hbond substituents is 1. The van der Waals surface area contributed by atoms with Crippen molar-refractivity contribution in [3.63, 3.8) is 0 Å². The van der Waals surface area contributed by atoms with Gasteiger partial charge in [0.2, 0.25) is 10.0 Å². The van der Waals surface area contributed by atoms with Crippen LogP contribution in [0.25, 0.3) is 0 Å². The molecule has 0 spiro atoms. The van der Waals surface area contributed by atoms with E-state index in [9.17, 15) is 13.5 Å². The Hall–Kier alpha value is -1.11. The summed E-state index contributed by atoms with van der Waals surface area (Å²) in [6, 6.07) is 6.02. The zero-order valence-electron chi connectivity index (χ0n) is 10.6. The molecule has 3 rings (SSSR count). The molecule has 0 aliphatic carbocycles. The lowest BCUT2D eigenvalue weighted by Crippen LogP contribution is -2.42. The van der Waals surface area contributed by atoms with Gasteiger partial charge in [-0.1, -0.05) is 0 Å². The Labute approximate surface area is 113 Å². The second-order valence-electron chi connectivity index (χ2n) is 5.26. The van der Waals surface area contributed by atoms with Crippen molar-refractivity contribution in [2.75, 3.05) is 13.1 Å². The van der Waals surface area contributed by atoms with Crippen molar-refractivity contribution < 1.29 is 13.5 Å². The van der Waals surface area contributed by atoms with E-state index in [1.54, 1.807) is 0 Å². The predicted molar refractivity (Wildman–Crippen MR) is 71.4 cm³/mol. The molecule has 6 heteroatoms. The first-order chi connectivity index (χ1) is 9.06. The molecule has 2 unspecified atom stereocenters. The first kappa shape index (κ1) is 12.9. The molecule has 0 aromatic heterocycles. The topological polar surface area (TPSA) is 69.6 Å². The Morgan fingerprint density at radius 3 is 2.63 bits per heavy atom.